The molecule has 1 unspecified atom stereocenters. The zero-order valence-electron chi connectivity index (χ0n) is 12.8. The molecule has 3 rings (SSSR count). The number of carbonyl (C=O) groups excluding carboxylic acids is 1. The number of likely N-dealkylation sites (tertiary alicyclic amines) is 1. The van der Waals surface area contributed by atoms with Crippen molar-refractivity contribution in [2.45, 2.75) is 45.1 Å². The Morgan fingerprint density at radius 3 is 2.81 bits per heavy atom. The van der Waals surface area contributed by atoms with Crippen molar-refractivity contribution in [3.05, 3.63) is 29.3 Å². The molecule has 1 atom stereocenters. The Bertz CT molecular complexity index is 521. The number of amides is 2. The summed E-state index contributed by atoms with van der Waals surface area (Å²) in [5, 5.41) is 3.23. The van der Waals surface area contributed by atoms with E-state index in [1.807, 2.05) is 11.0 Å². The molecule has 0 bridgehead atoms. The fraction of sp³-hybridized carbons (Fsp3) is 0.588. The van der Waals surface area contributed by atoms with Gasteiger partial charge in [0.05, 0.1) is 6.04 Å². The molecule has 0 aromatic heterocycles. The second-order valence-corrected chi connectivity index (χ2v) is 6.52. The first-order chi connectivity index (χ1) is 10.1. The maximum atomic E-state index is 12.4. The average Bonchev–Trinajstić information content (AvgIpc) is 2.47. The standard InChI is InChI=1S/C17H25N3O/c1-12-7-9-20(10-8-12)17(21)19-16-4-2-3-13-11-14(18)5-6-15(13)16/h5-6,11-12,16H,2-4,7-10,18H2,1H3,(H,19,21). The number of fused-ring (bicyclic) bond motifs is 1. The van der Waals surface area contributed by atoms with Gasteiger partial charge in [-0.1, -0.05) is 13.0 Å². The molecule has 1 aliphatic carbocycles. The van der Waals surface area contributed by atoms with Crippen LogP contribution in [0.2, 0.25) is 0 Å². The van der Waals surface area contributed by atoms with Crippen LogP contribution in [0, 0.1) is 5.92 Å². The smallest absolute Gasteiger partial charge is 0.317 e. The summed E-state index contributed by atoms with van der Waals surface area (Å²) in [6.07, 6.45) is 5.43. The molecule has 1 heterocycles. The Labute approximate surface area is 126 Å². The highest BCUT2D eigenvalue weighted by molar-refractivity contribution is 5.75. The third kappa shape index (κ3) is 3.14. The van der Waals surface area contributed by atoms with Crippen LogP contribution in [-0.2, 0) is 6.42 Å². The summed E-state index contributed by atoms with van der Waals surface area (Å²) in [4.78, 5) is 14.4. The summed E-state index contributed by atoms with van der Waals surface area (Å²) in [5.41, 5.74) is 9.21. The number of nitrogens with zero attached hydrogens (tertiary/aromatic N) is 1. The topological polar surface area (TPSA) is 58.4 Å². The molecule has 21 heavy (non-hydrogen) atoms. The van der Waals surface area contributed by atoms with E-state index < -0.39 is 0 Å². The molecule has 2 amide bonds. The first-order valence-corrected chi connectivity index (χ1v) is 8.07. The number of rotatable bonds is 1. The van der Waals surface area contributed by atoms with E-state index in [9.17, 15) is 4.79 Å². The van der Waals surface area contributed by atoms with Gasteiger partial charge >= 0.3 is 6.03 Å². The van der Waals surface area contributed by atoms with E-state index in [-0.39, 0.29) is 12.1 Å². The van der Waals surface area contributed by atoms with Crippen molar-refractivity contribution in [3.63, 3.8) is 0 Å². The highest BCUT2D eigenvalue weighted by Crippen LogP contribution is 2.31. The number of piperidine rings is 1. The molecule has 0 spiro atoms. The van der Waals surface area contributed by atoms with Gasteiger partial charge < -0.3 is 16.0 Å². The molecule has 4 nitrogen and oxygen atoms in total. The molecule has 1 aromatic carbocycles. The third-order valence-electron chi connectivity index (χ3n) is 4.85. The number of hydrogen-bond acceptors (Lipinski definition) is 2. The quantitative estimate of drug-likeness (QED) is 0.780. The van der Waals surface area contributed by atoms with Gasteiger partial charge in [-0.25, -0.2) is 4.79 Å². The normalized spacial score (nSPS) is 22.7. The number of benzene rings is 1. The summed E-state index contributed by atoms with van der Waals surface area (Å²) in [6.45, 7) is 4.03. The minimum atomic E-state index is 0.0941. The molecule has 114 valence electrons. The number of urea groups is 1. The zero-order valence-corrected chi connectivity index (χ0v) is 12.8. The minimum Gasteiger partial charge on any atom is -0.399 e. The van der Waals surface area contributed by atoms with Crippen LogP contribution in [0.5, 0.6) is 0 Å². The van der Waals surface area contributed by atoms with Gasteiger partial charge in [-0.2, -0.15) is 0 Å². The third-order valence-corrected chi connectivity index (χ3v) is 4.85. The van der Waals surface area contributed by atoms with E-state index in [1.165, 1.54) is 11.1 Å². The number of nitrogens with two attached hydrogens (primary N) is 1. The number of hydrogen-bond donors (Lipinski definition) is 2. The Morgan fingerprint density at radius 2 is 2.05 bits per heavy atom. The van der Waals surface area contributed by atoms with Crippen molar-refractivity contribution in [2.75, 3.05) is 18.8 Å². The molecule has 1 saturated heterocycles. The van der Waals surface area contributed by atoms with Crippen molar-refractivity contribution >= 4 is 11.7 Å². The molecule has 1 aromatic rings. The van der Waals surface area contributed by atoms with Crippen LogP contribution in [0.25, 0.3) is 0 Å². The number of carbonyl (C=O) groups is 1. The summed E-state index contributed by atoms with van der Waals surface area (Å²) in [5.74, 6) is 0.743. The molecule has 4 heteroatoms. The van der Waals surface area contributed by atoms with Crippen LogP contribution in [0.3, 0.4) is 0 Å². The van der Waals surface area contributed by atoms with Crippen LogP contribution >= 0.6 is 0 Å². The second-order valence-electron chi connectivity index (χ2n) is 6.52. The van der Waals surface area contributed by atoms with Gasteiger partial charge in [0, 0.05) is 18.8 Å². The van der Waals surface area contributed by atoms with E-state index in [0.29, 0.717) is 0 Å². The van der Waals surface area contributed by atoms with Gasteiger partial charge in [-0.3, -0.25) is 0 Å². The summed E-state index contributed by atoms with van der Waals surface area (Å²) >= 11 is 0. The number of aryl methyl sites for hydroxylation is 1. The molecule has 1 fully saturated rings. The molecule has 1 aliphatic heterocycles. The number of nitrogen functional groups attached to an aromatic ring is 1. The summed E-state index contributed by atoms with van der Waals surface area (Å²) < 4.78 is 0. The van der Waals surface area contributed by atoms with E-state index in [4.69, 9.17) is 5.73 Å². The highest BCUT2D eigenvalue weighted by Gasteiger charge is 2.25. The Hall–Kier alpha value is -1.71. The SMILES string of the molecule is CC1CCN(C(=O)NC2CCCc3cc(N)ccc32)CC1. The van der Waals surface area contributed by atoms with Crippen molar-refractivity contribution in [3.8, 4) is 0 Å². The first kappa shape index (κ1) is 14.2. The second kappa shape index (κ2) is 5.96. The van der Waals surface area contributed by atoms with Gasteiger partial charge in [-0.15, -0.1) is 0 Å². The van der Waals surface area contributed by atoms with Crippen molar-refractivity contribution in [2.24, 2.45) is 5.92 Å². The average molecular weight is 287 g/mol. The van der Waals surface area contributed by atoms with Crippen molar-refractivity contribution in [1.82, 2.24) is 10.2 Å². The first-order valence-electron chi connectivity index (χ1n) is 8.07. The predicted octanol–water partition coefficient (Wildman–Crippen LogP) is 3.09. The van der Waals surface area contributed by atoms with E-state index >= 15 is 0 Å². The molecule has 0 saturated carbocycles. The van der Waals surface area contributed by atoms with E-state index in [1.54, 1.807) is 0 Å². The lowest BCUT2D eigenvalue weighted by molar-refractivity contribution is 0.169. The Kier molecular flexibility index (Phi) is 4.04. The monoisotopic (exact) mass is 287 g/mol. The lowest BCUT2D eigenvalue weighted by Gasteiger charge is -2.33. The fourth-order valence-electron chi connectivity index (χ4n) is 3.44. The fourth-order valence-corrected chi connectivity index (χ4v) is 3.44. The van der Waals surface area contributed by atoms with Crippen LogP contribution in [0.1, 0.15) is 49.8 Å². The summed E-state index contributed by atoms with van der Waals surface area (Å²) in [7, 11) is 0. The van der Waals surface area contributed by atoms with Crippen LogP contribution in [-0.4, -0.2) is 24.0 Å². The molecular formula is C17H25N3O. The Balaban J connectivity index is 1.67. The number of anilines is 1. The van der Waals surface area contributed by atoms with Crippen molar-refractivity contribution in [1.29, 1.82) is 0 Å². The minimum absolute atomic E-state index is 0.0941. The van der Waals surface area contributed by atoms with Crippen molar-refractivity contribution < 1.29 is 4.79 Å². The van der Waals surface area contributed by atoms with Gasteiger partial charge in [0.1, 0.15) is 0 Å². The van der Waals surface area contributed by atoms with Gasteiger partial charge in [0.25, 0.3) is 0 Å². The maximum absolute atomic E-state index is 12.4. The van der Waals surface area contributed by atoms with Gasteiger partial charge in [-0.05, 0) is 61.3 Å². The maximum Gasteiger partial charge on any atom is 0.317 e. The van der Waals surface area contributed by atoms with Crippen LogP contribution in [0.15, 0.2) is 18.2 Å². The van der Waals surface area contributed by atoms with E-state index in [2.05, 4.69) is 24.4 Å². The van der Waals surface area contributed by atoms with Gasteiger partial charge in [0.15, 0.2) is 0 Å². The lowest BCUT2D eigenvalue weighted by atomic mass is 9.87. The molecule has 0 radical (unpaired) electrons. The zero-order chi connectivity index (χ0) is 14.8. The largest absolute Gasteiger partial charge is 0.399 e. The molecule has 3 N–H and O–H groups in total. The highest BCUT2D eigenvalue weighted by atomic mass is 16.2. The number of nitrogens with one attached hydrogen (secondary N) is 1. The van der Waals surface area contributed by atoms with Gasteiger partial charge in [0.2, 0.25) is 0 Å². The molecule has 2 aliphatic rings. The lowest BCUT2D eigenvalue weighted by Crippen LogP contribution is -2.45. The van der Waals surface area contributed by atoms with Crippen LogP contribution in [0.4, 0.5) is 10.5 Å². The van der Waals surface area contributed by atoms with Crippen LogP contribution < -0.4 is 11.1 Å². The predicted molar refractivity (Wildman–Crippen MR) is 85.0 cm³/mol. The van der Waals surface area contributed by atoms with E-state index in [0.717, 1.165) is 56.8 Å². The molecular weight excluding hydrogens is 262 g/mol. The Morgan fingerprint density at radius 1 is 1.29 bits per heavy atom. The summed E-state index contributed by atoms with van der Waals surface area (Å²) in [6, 6.07) is 6.30.